The molecular weight excluding hydrogens is 166 g/mol. The number of hydrogen-bond donors (Lipinski definition) is 1. The Bertz CT molecular complexity index is 373. The van der Waals surface area contributed by atoms with E-state index >= 15 is 0 Å². The second-order valence-corrected chi connectivity index (χ2v) is 2.78. The lowest BCUT2D eigenvalue weighted by Gasteiger charge is -2.20. The van der Waals surface area contributed by atoms with Crippen LogP contribution in [0.15, 0.2) is 29.4 Å². The van der Waals surface area contributed by atoms with Crippen LogP contribution in [0.5, 0.6) is 0 Å². The van der Waals surface area contributed by atoms with E-state index in [1.165, 1.54) is 5.01 Å². The molecule has 1 aliphatic rings. The first-order valence-corrected chi connectivity index (χ1v) is 3.99. The summed E-state index contributed by atoms with van der Waals surface area (Å²) in [5.41, 5.74) is 7.00. The van der Waals surface area contributed by atoms with Gasteiger partial charge in [-0.3, -0.25) is 0 Å². The smallest absolute Gasteiger partial charge is 0.339 e. The molecule has 0 fully saturated rings. The van der Waals surface area contributed by atoms with Gasteiger partial charge in [0, 0.05) is 12.6 Å². The van der Waals surface area contributed by atoms with Gasteiger partial charge in [-0.05, 0) is 11.6 Å². The number of hydrogen-bond acceptors (Lipinski definition) is 2. The second kappa shape index (κ2) is 2.90. The predicted molar refractivity (Wildman–Crippen MR) is 50.7 cm³/mol. The zero-order valence-corrected chi connectivity index (χ0v) is 6.97. The van der Waals surface area contributed by atoms with E-state index in [9.17, 15) is 4.79 Å². The molecule has 1 aromatic rings. The van der Waals surface area contributed by atoms with E-state index in [0.717, 1.165) is 17.7 Å². The van der Waals surface area contributed by atoms with Gasteiger partial charge in [-0.15, -0.1) is 0 Å². The van der Waals surface area contributed by atoms with Gasteiger partial charge >= 0.3 is 6.03 Å². The Morgan fingerprint density at radius 1 is 1.46 bits per heavy atom. The average molecular weight is 175 g/mol. The minimum Gasteiger partial charge on any atom is -0.350 e. The number of carbonyl (C=O) groups is 1. The van der Waals surface area contributed by atoms with E-state index in [2.05, 4.69) is 5.10 Å². The number of primary amides is 1. The van der Waals surface area contributed by atoms with Gasteiger partial charge in [0.2, 0.25) is 0 Å². The summed E-state index contributed by atoms with van der Waals surface area (Å²) in [6.45, 7) is 0. The first-order valence-electron chi connectivity index (χ1n) is 3.99. The van der Waals surface area contributed by atoms with Crippen LogP contribution in [0.1, 0.15) is 5.56 Å². The number of nitrogens with zero attached hydrogens (tertiary/aromatic N) is 2. The van der Waals surface area contributed by atoms with Crippen molar-refractivity contribution in [2.24, 2.45) is 10.8 Å². The summed E-state index contributed by atoms with van der Waals surface area (Å²) in [5, 5.41) is 5.11. The summed E-state index contributed by atoms with van der Waals surface area (Å²) in [5.74, 6) is 0. The number of benzene rings is 1. The lowest BCUT2D eigenvalue weighted by molar-refractivity contribution is 0.254. The van der Waals surface area contributed by atoms with Crippen molar-refractivity contribution in [1.82, 2.24) is 0 Å². The van der Waals surface area contributed by atoms with Crippen LogP contribution < -0.4 is 10.7 Å². The molecule has 0 radical (unpaired) electrons. The van der Waals surface area contributed by atoms with Gasteiger partial charge in [0.05, 0.1) is 5.69 Å². The van der Waals surface area contributed by atoms with Crippen molar-refractivity contribution in [3.05, 3.63) is 29.8 Å². The van der Waals surface area contributed by atoms with Gasteiger partial charge in [-0.25, -0.2) is 4.79 Å². The minimum absolute atomic E-state index is 0.552. The Labute approximate surface area is 75.6 Å². The number of anilines is 1. The van der Waals surface area contributed by atoms with Crippen LogP contribution in [-0.4, -0.2) is 12.2 Å². The molecule has 4 heteroatoms. The molecular formula is C9H9N3O. The molecule has 0 aromatic heterocycles. The molecule has 2 N–H and O–H groups in total. The lowest BCUT2D eigenvalue weighted by Crippen LogP contribution is -2.33. The van der Waals surface area contributed by atoms with Crippen molar-refractivity contribution < 1.29 is 4.79 Å². The predicted octanol–water partition coefficient (Wildman–Crippen LogP) is 1.11. The Morgan fingerprint density at radius 2 is 2.23 bits per heavy atom. The fraction of sp³-hybridized carbons (Fsp3) is 0.111. The summed E-state index contributed by atoms with van der Waals surface area (Å²) < 4.78 is 0. The standard InChI is InChI=1S/C9H9N3O/c10-9(13)12-8-4-2-1-3-7(8)5-6-11-12/h1-4,6H,5H2,(H2,10,13). The van der Waals surface area contributed by atoms with Gasteiger partial charge < -0.3 is 5.73 Å². The maximum absolute atomic E-state index is 11.0. The zero-order valence-electron chi connectivity index (χ0n) is 6.97. The molecule has 0 saturated heterocycles. The fourth-order valence-electron chi connectivity index (χ4n) is 1.35. The number of carbonyl (C=O) groups excluding carboxylic acids is 1. The SMILES string of the molecule is NC(=O)N1N=CCc2ccccc21. The number of para-hydroxylation sites is 1. The topological polar surface area (TPSA) is 58.7 Å². The van der Waals surface area contributed by atoms with E-state index in [1.807, 2.05) is 24.3 Å². The van der Waals surface area contributed by atoms with Crippen molar-refractivity contribution in [3.63, 3.8) is 0 Å². The summed E-state index contributed by atoms with van der Waals surface area (Å²) >= 11 is 0. The summed E-state index contributed by atoms with van der Waals surface area (Å²) in [4.78, 5) is 11.0. The second-order valence-electron chi connectivity index (χ2n) is 2.78. The van der Waals surface area contributed by atoms with Crippen LogP contribution in [0, 0.1) is 0 Å². The molecule has 1 aromatic carbocycles. The highest BCUT2D eigenvalue weighted by Gasteiger charge is 2.16. The monoisotopic (exact) mass is 175 g/mol. The summed E-state index contributed by atoms with van der Waals surface area (Å²) in [7, 11) is 0. The molecule has 66 valence electrons. The number of urea groups is 1. The van der Waals surface area contributed by atoms with Crippen LogP contribution in [0.3, 0.4) is 0 Å². The van der Waals surface area contributed by atoms with Crippen LogP contribution in [0.2, 0.25) is 0 Å². The van der Waals surface area contributed by atoms with Gasteiger partial charge in [0.1, 0.15) is 0 Å². The van der Waals surface area contributed by atoms with Crippen molar-refractivity contribution in [1.29, 1.82) is 0 Å². The third-order valence-corrected chi connectivity index (χ3v) is 1.94. The largest absolute Gasteiger partial charge is 0.350 e. The van der Waals surface area contributed by atoms with E-state index in [1.54, 1.807) is 6.21 Å². The molecule has 4 nitrogen and oxygen atoms in total. The Balaban J connectivity index is 2.48. The van der Waals surface area contributed by atoms with Crippen LogP contribution >= 0.6 is 0 Å². The molecule has 0 spiro atoms. The first-order chi connectivity index (χ1) is 6.29. The van der Waals surface area contributed by atoms with Gasteiger partial charge in [0.25, 0.3) is 0 Å². The van der Waals surface area contributed by atoms with E-state index in [0.29, 0.717) is 0 Å². The van der Waals surface area contributed by atoms with E-state index in [-0.39, 0.29) is 0 Å². The molecule has 0 saturated carbocycles. The van der Waals surface area contributed by atoms with Gasteiger partial charge in [0.15, 0.2) is 0 Å². The quantitative estimate of drug-likeness (QED) is 0.631. The van der Waals surface area contributed by atoms with Crippen molar-refractivity contribution in [2.75, 3.05) is 5.01 Å². The Morgan fingerprint density at radius 3 is 3.00 bits per heavy atom. The summed E-state index contributed by atoms with van der Waals surface area (Å²) in [6, 6.07) is 7.02. The number of fused-ring (bicyclic) bond motifs is 1. The normalized spacial score (nSPS) is 14.0. The molecule has 0 unspecified atom stereocenters. The van der Waals surface area contributed by atoms with Crippen molar-refractivity contribution >= 4 is 17.9 Å². The first kappa shape index (κ1) is 7.79. The van der Waals surface area contributed by atoms with Gasteiger partial charge in [-0.1, -0.05) is 18.2 Å². The minimum atomic E-state index is -0.552. The fourth-order valence-corrected chi connectivity index (χ4v) is 1.35. The van der Waals surface area contributed by atoms with Gasteiger partial charge in [-0.2, -0.15) is 10.1 Å². The van der Waals surface area contributed by atoms with Crippen LogP contribution in [0.4, 0.5) is 10.5 Å². The third kappa shape index (κ3) is 1.26. The maximum Gasteiger partial charge on any atom is 0.339 e. The maximum atomic E-state index is 11.0. The number of rotatable bonds is 0. The highest BCUT2D eigenvalue weighted by Crippen LogP contribution is 2.23. The lowest BCUT2D eigenvalue weighted by atomic mass is 10.1. The number of nitrogens with two attached hydrogens (primary N) is 1. The molecule has 2 amide bonds. The highest BCUT2D eigenvalue weighted by molar-refractivity contribution is 5.94. The highest BCUT2D eigenvalue weighted by atomic mass is 16.2. The molecule has 1 heterocycles. The van der Waals surface area contributed by atoms with Crippen LogP contribution in [-0.2, 0) is 6.42 Å². The number of hydrazone groups is 1. The van der Waals surface area contributed by atoms with E-state index < -0.39 is 6.03 Å². The Hall–Kier alpha value is -1.84. The third-order valence-electron chi connectivity index (χ3n) is 1.94. The average Bonchev–Trinajstić information content (AvgIpc) is 2.17. The molecule has 2 rings (SSSR count). The van der Waals surface area contributed by atoms with Crippen molar-refractivity contribution in [3.8, 4) is 0 Å². The molecule has 0 aliphatic carbocycles. The van der Waals surface area contributed by atoms with Crippen LogP contribution in [0.25, 0.3) is 0 Å². The molecule has 13 heavy (non-hydrogen) atoms. The molecule has 0 atom stereocenters. The summed E-state index contributed by atoms with van der Waals surface area (Å²) in [6.07, 6.45) is 2.42. The van der Waals surface area contributed by atoms with E-state index in [4.69, 9.17) is 5.73 Å². The van der Waals surface area contributed by atoms with Crippen molar-refractivity contribution in [2.45, 2.75) is 6.42 Å². The molecule has 1 aliphatic heterocycles. The number of amides is 2. The molecule has 0 bridgehead atoms. The Kier molecular flexibility index (Phi) is 1.73. The zero-order chi connectivity index (χ0) is 9.26.